The highest BCUT2D eigenvalue weighted by molar-refractivity contribution is 7.11. The quantitative estimate of drug-likeness (QED) is 0.597. The second kappa shape index (κ2) is 8.42. The van der Waals surface area contributed by atoms with E-state index >= 15 is 0 Å². The van der Waals surface area contributed by atoms with E-state index in [-0.39, 0.29) is 6.42 Å². The lowest BCUT2D eigenvalue weighted by atomic mass is 9.91. The van der Waals surface area contributed by atoms with E-state index in [9.17, 15) is 15.2 Å². The number of halogens is 1. The van der Waals surface area contributed by atoms with Crippen molar-refractivity contribution >= 4 is 28.9 Å². The number of thiazole rings is 1. The van der Waals surface area contributed by atoms with Crippen LogP contribution in [0.2, 0.25) is 5.02 Å². The van der Waals surface area contributed by atoms with E-state index < -0.39 is 11.9 Å². The number of rotatable bonds is 6. The molecule has 7 heteroatoms. The number of ether oxygens (including phenoxy) is 1. The first kappa shape index (κ1) is 19.9. The average molecular weight is 413 g/mol. The highest BCUT2D eigenvalue weighted by atomic mass is 35.5. The molecule has 28 heavy (non-hydrogen) atoms. The van der Waals surface area contributed by atoms with Crippen LogP contribution in [0.3, 0.4) is 0 Å². The molecule has 3 aromatic rings. The molecule has 0 radical (unpaired) electrons. The molecule has 1 N–H and O–H groups in total. The number of aryl methyl sites for hydroxylation is 1. The number of hydrogen-bond donors (Lipinski definition) is 1. The molecule has 3 rings (SSSR count). The fraction of sp³-hybridized carbons (Fsp3) is 0.190. The van der Waals surface area contributed by atoms with Gasteiger partial charge in [0.2, 0.25) is 0 Å². The first-order chi connectivity index (χ1) is 13.4. The summed E-state index contributed by atoms with van der Waals surface area (Å²) in [6.45, 7) is 1.93. The van der Waals surface area contributed by atoms with Gasteiger partial charge in [0.25, 0.3) is 0 Å². The van der Waals surface area contributed by atoms with Gasteiger partial charge in [0, 0.05) is 27.6 Å². The van der Waals surface area contributed by atoms with Gasteiger partial charge in [-0.2, -0.15) is 5.26 Å². The average Bonchev–Trinajstić information content (AvgIpc) is 3.10. The van der Waals surface area contributed by atoms with Gasteiger partial charge in [-0.25, -0.2) is 4.98 Å². The van der Waals surface area contributed by atoms with E-state index in [0.29, 0.717) is 32.5 Å². The van der Waals surface area contributed by atoms with Crippen molar-refractivity contribution in [1.82, 2.24) is 4.98 Å². The number of nitriles is 1. The van der Waals surface area contributed by atoms with E-state index in [4.69, 9.17) is 16.3 Å². The van der Waals surface area contributed by atoms with Crippen molar-refractivity contribution in [3.8, 4) is 22.9 Å². The second-order valence-corrected chi connectivity index (χ2v) is 7.93. The summed E-state index contributed by atoms with van der Waals surface area (Å²) in [6, 6.07) is 12.8. The van der Waals surface area contributed by atoms with E-state index in [1.165, 1.54) is 18.4 Å². The third-order valence-electron chi connectivity index (χ3n) is 4.29. The smallest absolute Gasteiger partial charge is 0.304 e. The van der Waals surface area contributed by atoms with Gasteiger partial charge in [-0.15, -0.1) is 11.3 Å². The summed E-state index contributed by atoms with van der Waals surface area (Å²) in [4.78, 5) is 16.9. The molecule has 0 fully saturated rings. The van der Waals surface area contributed by atoms with Crippen LogP contribution in [0.1, 0.15) is 33.4 Å². The number of hydrogen-bond acceptors (Lipinski definition) is 5. The number of carboxylic acids is 1. The largest absolute Gasteiger partial charge is 0.496 e. The van der Waals surface area contributed by atoms with Gasteiger partial charge >= 0.3 is 5.97 Å². The number of carboxylic acid groups (broad SMARTS) is 1. The molecule has 1 unspecified atom stereocenters. The summed E-state index contributed by atoms with van der Waals surface area (Å²) in [5, 5.41) is 20.1. The lowest BCUT2D eigenvalue weighted by Crippen LogP contribution is -2.08. The number of benzene rings is 2. The zero-order valence-electron chi connectivity index (χ0n) is 15.3. The molecule has 0 saturated carbocycles. The Balaban J connectivity index is 2.19. The van der Waals surface area contributed by atoms with Crippen molar-refractivity contribution in [2.75, 3.05) is 7.11 Å². The molecular formula is C21H17ClN2O3S. The number of carbonyl (C=O) groups is 1. The van der Waals surface area contributed by atoms with Crippen molar-refractivity contribution in [3.05, 3.63) is 68.6 Å². The predicted octanol–water partition coefficient (Wildman–Crippen LogP) is 5.26. The number of methoxy groups -OCH3 is 1. The van der Waals surface area contributed by atoms with Crippen molar-refractivity contribution in [2.24, 2.45) is 0 Å². The van der Waals surface area contributed by atoms with Gasteiger partial charge in [0.05, 0.1) is 25.2 Å². The summed E-state index contributed by atoms with van der Waals surface area (Å²) < 4.78 is 5.44. The molecule has 0 bridgehead atoms. The highest BCUT2D eigenvalue weighted by Gasteiger charge is 2.23. The van der Waals surface area contributed by atoms with Crippen LogP contribution in [0.25, 0.3) is 11.1 Å². The van der Waals surface area contributed by atoms with Crippen molar-refractivity contribution < 1.29 is 14.6 Å². The Kier molecular flexibility index (Phi) is 5.98. The Hall–Kier alpha value is -2.88. The van der Waals surface area contributed by atoms with Crippen molar-refractivity contribution in [1.29, 1.82) is 5.26 Å². The number of aliphatic carboxylic acids is 1. The maximum atomic E-state index is 11.5. The van der Waals surface area contributed by atoms with E-state index in [1.807, 2.05) is 13.0 Å². The van der Waals surface area contributed by atoms with Crippen LogP contribution in [0.5, 0.6) is 5.75 Å². The standard InChI is InChI=1S/C21H17ClN2O3S/c1-12-11-24-21(28-12)17(9-19(25)26)14-6-15(8-16(22)7-14)20-13(10-23)4-3-5-18(20)27-2/h3-8,11,17H,9H2,1-2H3,(H,25,26). The van der Waals surface area contributed by atoms with Gasteiger partial charge < -0.3 is 9.84 Å². The third kappa shape index (κ3) is 4.16. The summed E-state index contributed by atoms with van der Waals surface area (Å²) >= 11 is 7.84. The van der Waals surface area contributed by atoms with Crippen LogP contribution in [0.4, 0.5) is 0 Å². The minimum atomic E-state index is -0.922. The Morgan fingerprint density at radius 2 is 2.18 bits per heavy atom. The van der Waals surface area contributed by atoms with Gasteiger partial charge in [-0.1, -0.05) is 23.7 Å². The van der Waals surface area contributed by atoms with E-state index in [1.54, 1.807) is 36.5 Å². The van der Waals surface area contributed by atoms with Crippen LogP contribution in [0, 0.1) is 18.3 Å². The van der Waals surface area contributed by atoms with Crippen LogP contribution >= 0.6 is 22.9 Å². The van der Waals surface area contributed by atoms with Gasteiger partial charge in [-0.3, -0.25) is 4.79 Å². The SMILES string of the molecule is COc1cccc(C#N)c1-c1cc(Cl)cc(C(CC(=O)O)c2ncc(C)s2)c1. The maximum absolute atomic E-state index is 11.5. The lowest BCUT2D eigenvalue weighted by molar-refractivity contribution is -0.137. The molecule has 1 atom stereocenters. The Bertz CT molecular complexity index is 1070. The second-order valence-electron chi connectivity index (χ2n) is 6.23. The maximum Gasteiger partial charge on any atom is 0.304 e. The fourth-order valence-corrected chi connectivity index (χ4v) is 4.25. The summed E-state index contributed by atoms with van der Waals surface area (Å²) in [7, 11) is 1.54. The summed E-state index contributed by atoms with van der Waals surface area (Å²) in [5.74, 6) is -0.810. The fourth-order valence-electron chi connectivity index (χ4n) is 3.11. The molecule has 2 aromatic carbocycles. The Morgan fingerprint density at radius 1 is 1.39 bits per heavy atom. The van der Waals surface area contributed by atoms with Gasteiger partial charge in [0.15, 0.2) is 0 Å². The van der Waals surface area contributed by atoms with E-state index in [0.717, 1.165) is 10.4 Å². The molecule has 0 amide bonds. The van der Waals surface area contributed by atoms with Crippen LogP contribution in [0.15, 0.2) is 42.6 Å². The molecule has 1 aromatic heterocycles. The topological polar surface area (TPSA) is 83.2 Å². The van der Waals surface area contributed by atoms with E-state index in [2.05, 4.69) is 11.1 Å². The molecule has 1 heterocycles. The van der Waals surface area contributed by atoms with Crippen molar-refractivity contribution in [3.63, 3.8) is 0 Å². The molecule has 5 nitrogen and oxygen atoms in total. The lowest BCUT2D eigenvalue weighted by Gasteiger charge is -2.17. The normalized spacial score (nSPS) is 11.6. The Morgan fingerprint density at radius 3 is 2.79 bits per heavy atom. The third-order valence-corrected chi connectivity index (χ3v) is 5.54. The molecule has 0 saturated heterocycles. The summed E-state index contributed by atoms with van der Waals surface area (Å²) in [6.07, 6.45) is 1.62. The predicted molar refractivity (Wildman–Crippen MR) is 109 cm³/mol. The molecule has 0 aliphatic carbocycles. The highest BCUT2D eigenvalue weighted by Crippen LogP contribution is 2.39. The first-order valence-electron chi connectivity index (χ1n) is 8.45. The monoisotopic (exact) mass is 412 g/mol. The minimum absolute atomic E-state index is 0.107. The zero-order valence-corrected chi connectivity index (χ0v) is 16.8. The van der Waals surface area contributed by atoms with Crippen LogP contribution < -0.4 is 4.74 Å². The zero-order chi connectivity index (χ0) is 20.3. The number of nitrogens with zero attached hydrogens (tertiary/aromatic N) is 2. The number of aromatic nitrogens is 1. The van der Waals surface area contributed by atoms with Gasteiger partial charge in [0.1, 0.15) is 10.8 Å². The Labute approximate surface area is 171 Å². The van der Waals surface area contributed by atoms with Gasteiger partial charge in [-0.05, 0) is 42.3 Å². The van der Waals surface area contributed by atoms with Crippen LogP contribution in [-0.4, -0.2) is 23.2 Å². The van der Waals surface area contributed by atoms with Crippen LogP contribution in [-0.2, 0) is 4.79 Å². The molecular weight excluding hydrogens is 396 g/mol. The summed E-state index contributed by atoms with van der Waals surface area (Å²) in [5.41, 5.74) is 2.50. The van der Waals surface area contributed by atoms with Crippen molar-refractivity contribution in [2.45, 2.75) is 19.3 Å². The molecule has 0 spiro atoms. The molecule has 142 valence electrons. The molecule has 0 aliphatic heterocycles. The first-order valence-corrected chi connectivity index (χ1v) is 9.64. The minimum Gasteiger partial charge on any atom is -0.496 e. The molecule has 0 aliphatic rings.